The van der Waals surface area contributed by atoms with Gasteiger partial charge in [-0.1, -0.05) is 48.5 Å². The summed E-state index contributed by atoms with van der Waals surface area (Å²) in [5.41, 5.74) is 10.7. The van der Waals surface area contributed by atoms with Gasteiger partial charge < -0.3 is 10.5 Å². The van der Waals surface area contributed by atoms with Crippen LogP contribution in [0.15, 0.2) is 66.7 Å². The van der Waals surface area contributed by atoms with E-state index in [1.807, 2.05) is 54.6 Å². The number of hydrogen-bond acceptors (Lipinski definition) is 2. The molecule has 3 heteroatoms. The minimum atomic E-state index is -0.192. The molecule has 2 N–H and O–H groups in total. The number of fused-ring (bicyclic) bond motifs is 3. The van der Waals surface area contributed by atoms with Crippen molar-refractivity contribution >= 4 is 0 Å². The molecule has 120 valence electrons. The first-order valence-electron chi connectivity index (χ1n) is 8.07. The SMILES string of the molecule is NCC1c2cc(OCc3ccccc3)ccc2-c2c(F)cccc21. The number of benzene rings is 3. The third-order valence-corrected chi connectivity index (χ3v) is 4.57. The van der Waals surface area contributed by atoms with Crippen molar-refractivity contribution in [3.63, 3.8) is 0 Å². The van der Waals surface area contributed by atoms with Crippen LogP contribution in [-0.4, -0.2) is 6.54 Å². The molecule has 0 fully saturated rings. The van der Waals surface area contributed by atoms with Crippen molar-refractivity contribution in [1.82, 2.24) is 0 Å². The Kier molecular flexibility index (Phi) is 3.79. The molecule has 3 aromatic carbocycles. The zero-order valence-electron chi connectivity index (χ0n) is 13.2. The fraction of sp³-hybridized carbons (Fsp3) is 0.143. The number of nitrogens with two attached hydrogens (primary N) is 1. The molecule has 1 aliphatic rings. The van der Waals surface area contributed by atoms with Gasteiger partial charge >= 0.3 is 0 Å². The molecule has 0 aliphatic heterocycles. The lowest BCUT2D eigenvalue weighted by Crippen LogP contribution is -2.11. The van der Waals surface area contributed by atoms with Crippen LogP contribution < -0.4 is 10.5 Å². The van der Waals surface area contributed by atoms with Crippen molar-refractivity contribution < 1.29 is 9.13 Å². The Morgan fingerprint density at radius 3 is 2.54 bits per heavy atom. The maximum absolute atomic E-state index is 14.3. The topological polar surface area (TPSA) is 35.2 Å². The highest BCUT2D eigenvalue weighted by atomic mass is 19.1. The Bertz CT molecular complexity index is 876. The quantitative estimate of drug-likeness (QED) is 0.770. The molecule has 4 rings (SSSR count). The standard InChI is InChI=1S/C21H18FNO/c22-20-8-4-7-16-19(12-23)18-11-15(9-10-17(18)21(16)20)24-13-14-5-2-1-3-6-14/h1-11,19H,12-13,23H2. The lowest BCUT2D eigenvalue weighted by molar-refractivity contribution is 0.306. The van der Waals surface area contributed by atoms with E-state index in [4.69, 9.17) is 10.5 Å². The maximum Gasteiger partial charge on any atom is 0.131 e. The zero-order chi connectivity index (χ0) is 16.5. The van der Waals surface area contributed by atoms with Crippen molar-refractivity contribution in [2.45, 2.75) is 12.5 Å². The van der Waals surface area contributed by atoms with E-state index in [2.05, 4.69) is 0 Å². The van der Waals surface area contributed by atoms with Gasteiger partial charge in [-0.15, -0.1) is 0 Å². The van der Waals surface area contributed by atoms with Crippen molar-refractivity contribution in [3.05, 3.63) is 89.2 Å². The molecule has 0 radical (unpaired) electrons. The lowest BCUT2D eigenvalue weighted by atomic mass is 9.97. The van der Waals surface area contributed by atoms with Crippen LogP contribution in [0.3, 0.4) is 0 Å². The van der Waals surface area contributed by atoms with E-state index >= 15 is 0 Å². The number of ether oxygens (including phenoxy) is 1. The van der Waals surface area contributed by atoms with E-state index in [1.54, 1.807) is 6.07 Å². The highest BCUT2D eigenvalue weighted by molar-refractivity contribution is 5.80. The molecule has 0 amide bonds. The predicted octanol–water partition coefficient (Wildman–Crippen LogP) is 4.48. The molecule has 0 bridgehead atoms. The molecule has 2 nitrogen and oxygen atoms in total. The summed E-state index contributed by atoms with van der Waals surface area (Å²) < 4.78 is 20.2. The van der Waals surface area contributed by atoms with E-state index in [0.717, 1.165) is 28.0 Å². The molecule has 0 aromatic heterocycles. The second kappa shape index (κ2) is 6.10. The fourth-order valence-corrected chi connectivity index (χ4v) is 3.42. The highest BCUT2D eigenvalue weighted by Crippen LogP contribution is 2.46. The van der Waals surface area contributed by atoms with Gasteiger partial charge in [0.25, 0.3) is 0 Å². The van der Waals surface area contributed by atoms with E-state index in [9.17, 15) is 4.39 Å². The van der Waals surface area contributed by atoms with E-state index in [0.29, 0.717) is 18.7 Å². The molecular weight excluding hydrogens is 301 g/mol. The Hall–Kier alpha value is -2.65. The molecule has 1 unspecified atom stereocenters. The summed E-state index contributed by atoms with van der Waals surface area (Å²) in [6.45, 7) is 0.958. The van der Waals surface area contributed by atoms with Gasteiger partial charge in [-0.05, 0) is 40.5 Å². The van der Waals surface area contributed by atoms with Crippen LogP contribution >= 0.6 is 0 Å². The molecule has 0 saturated carbocycles. The molecule has 0 saturated heterocycles. The first kappa shape index (κ1) is 14.9. The lowest BCUT2D eigenvalue weighted by Gasteiger charge is -2.12. The van der Waals surface area contributed by atoms with E-state index in [-0.39, 0.29) is 11.7 Å². The van der Waals surface area contributed by atoms with Gasteiger partial charge in [0.2, 0.25) is 0 Å². The average Bonchev–Trinajstić information content (AvgIpc) is 2.95. The van der Waals surface area contributed by atoms with Crippen LogP contribution in [0.5, 0.6) is 5.75 Å². The van der Waals surface area contributed by atoms with Gasteiger partial charge in [0.05, 0.1) is 0 Å². The van der Waals surface area contributed by atoms with Gasteiger partial charge in [-0.3, -0.25) is 0 Å². The first-order valence-corrected chi connectivity index (χ1v) is 8.07. The summed E-state index contributed by atoms with van der Waals surface area (Å²) in [6.07, 6.45) is 0. The van der Waals surface area contributed by atoms with Crippen LogP contribution in [0.1, 0.15) is 22.6 Å². The van der Waals surface area contributed by atoms with Gasteiger partial charge in [-0.2, -0.15) is 0 Å². The molecule has 0 spiro atoms. The Morgan fingerprint density at radius 2 is 1.75 bits per heavy atom. The molecule has 1 aliphatic carbocycles. The number of rotatable bonds is 4. The number of halogens is 1. The normalized spacial score (nSPS) is 15.0. The molecule has 0 heterocycles. The van der Waals surface area contributed by atoms with Crippen molar-refractivity contribution in [2.24, 2.45) is 5.73 Å². The smallest absolute Gasteiger partial charge is 0.131 e. The second-order valence-corrected chi connectivity index (χ2v) is 6.02. The minimum Gasteiger partial charge on any atom is -0.489 e. The van der Waals surface area contributed by atoms with Crippen molar-refractivity contribution in [2.75, 3.05) is 6.54 Å². The minimum absolute atomic E-state index is 0.0194. The van der Waals surface area contributed by atoms with Crippen LogP contribution in [0.4, 0.5) is 4.39 Å². The summed E-state index contributed by atoms with van der Waals surface area (Å²) in [6, 6.07) is 21.1. The van der Waals surface area contributed by atoms with E-state index < -0.39 is 0 Å². The van der Waals surface area contributed by atoms with Gasteiger partial charge in [0.1, 0.15) is 18.2 Å². The summed E-state index contributed by atoms with van der Waals surface area (Å²) in [4.78, 5) is 0. The van der Waals surface area contributed by atoms with Crippen LogP contribution in [0.2, 0.25) is 0 Å². The first-order chi connectivity index (χ1) is 11.8. The van der Waals surface area contributed by atoms with Gasteiger partial charge in [-0.25, -0.2) is 4.39 Å². The molecule has 24 heavy (non-hydrogen) atoms. The zero-order valence-corrected chi connectivity index (χ0v) is 13.2. The predicted molar refractivity (Wildman–Crippen MR) is 93.5 cm³/mol. The Morgan fingerprint density at radius 1 is 0.917 bits per heavy atom. The second-order valence-electron chi connectivity index (χ2n) is 6.02. The molecule has 3 aromatic rings. The van der Waals surface area contributed by atoms with Crippen LogP contribution in [0, 0.1) is 5.82 Å². The highest BCUT2D eigenvalue weighted by Gasteiger charge is 2.30. The van der Waals surface area contributed by atoms with Crippen LogP contribution in [0.25, 0.3) is 11.1 Å². The average molecular weight is 319 g/mol. The summed E-state index contributed by atoms with van der Waals surface area (Å²) in [7, 11) is 0. The van der Waals surface area contributed by atoms with Crippen LogP contribution in [-0.2, 0) is 6.61 Å². The van der Waals surface area contributed by atoms with E-state index in [1.165, 1.54) is 6.07 Å². The summed E-state index contributed by atoms with van der Waals surface area (Å²) in [5.74, 6) is 0.609. The molecule has 1 atom stereocenters. The van der Waals surface area contributed by atoms with Crippen molar-refractivity contribution in [1.29, 1.82) is 0 Å². The monoisotopic (exact) mass is 319 g/mol. The maximum atomic E-state index is 14.3. The Labute approximate surface area is 140 Å². The summed E-state index contributed by atoms with van der Waals surface area (Å²) in [5, 5.41) is 0. The van der Waals surface area contributed by atoms with Gasteiger partial charge in [0, 0.05) is 18.0 Å². The largest absolute Gasteiger partial charge is 0.489 e. The summed E-state index contributed by atoms with van der Waals surface area (Å²) >= 11 is 0. The number of hydrogen-bond donors (Lipinski definition) is 1. The Balaban J connectivity index is 1.66. The third-order valence-electron chi connectivity index (χ3n) is 4.57. The third kappa shape index (κ3) is 2.47. The van der Waals surface area contributed by atoms with Gasteiger partial charge in [0.15, 0.2) is 0 Å². The van der Waals surface area contributed by atoms with Crippen molar-refractivity contribution in [3.8, 4) is 16.9 Å². The molecular formula is C21H18FNO. The fourth-order valence-electron chi connectivity index (χ4n) is 3.42.